The lowest BCUT2D eigenvalue weighted by Crippen LogP contribution is -3.00. The van der Waals surface area contributed by atoms with E-state index in [0.717, 1.165) is 0 Å². The van der Waals surface area contributed by atoms with Crippen molar-refractivity contribution in [2.75, 3.05) is 0 Å². The molecule has 0 saturated heterocycles. The van der Waals surface area contributed by atoms with Gasteiger partial charge in [-0.15, -0.1) is 0 Å². The highest BCUT2D eigenvalue weighted by atomic mass is 127. The zero-order valence-corrected chi connectivity index (χ0v) is 5.80. The number of hydrogen-bond donors (Lipinski definition) is 1. The van der Waals surface area contributed by atoms with Crippen LogP contribution in [0.25, 0.3) is 0 Å². The molecule has 5 heteroatoms. The van der Waals surface area contributed by atoms with Crippen molar-refractivity contribution in [2.24, 2.45) is 0 Å². The third-order valence-electron chi connectivity index (χ3n) is 0. The molecular formula is C2H4IN2O2-. The van der Waals surface area contributed by atoms with Gasteiger partial charge >= 0.3 is 0 Å². The van der Waals surface area contributed by atoms with Gasteiger partial charge in [-0.2, -0.15) is 5.26 Å². The van der Waals surface area contributed by atoms with Crippen molar-refractivity contribution in [1.29, 1.82) is 5.26 Å². The Morgan fingerprint density at radius 2 is 1.86 bits per heavy atom. The molecule has 7 heavy (non-hydrogen) atoms. The molecule has 0 heterocycles. The summed E-state index contributed by atoms with van der Waals surface area (Å²) in [5.74, 6) is 0. The van der Waals surface area contributed by atoms with Crippen LogP contribution in [0.3, 0.4) is 0 Å². The summed E-state index contributed by atoms with van der Waals surface area (Å²) in [7, 11) is 0. The van der Waals surface area contributed by atoms with Gasteiger partial charge in [-0.05, 0) is 0 Å². The van der Waals surface area contributed by atoms with Gasteiger partial charge in [0.25, 0.3) is 0 Å². The van der Waals surface area contributed by atoms with Crippen LogP contribution in [0, 0.1) is 21.4 Å². The third-order valence-corrected chi connectivity index (χ3v) is 0. The van der Waals surface area contributed by atoms with Crippen LogP contribution in [0.4, 0.5) is 0 Å². The fourth-order valence-corrected chi connectivity index (χ4v) is 0. The summed E-state index contributed by atoms with van der Waals surface area (Å²) in [5.41, 5.74) is 0. The van der Waals surface area contributed by atoms with Crippen molar-refractivity contribution >= 4 is 0 Å². The SMILES string of the molecule is CC#N.O=[NH+][O-].[I-]. The minimum Gasteiger partial charge on any atom is -1.00 e. The van der Waals surface area contributed by atoms with E-state index in [2.05, 4.69) is 0 Å². The van der Waals surface area contributed by atoms with Crippen molar-refractivity contribution in [3.63, 3.8) is 0 Å². The Hall–Kier alpha value is -0.380. The van der Waals surface area contributed by atoms with E-state index in [9.17, 15) is 0 Å². The number of nitrogens with zero attached hydrogens (tertiary/aromatic N) is 1. The summed E-state index contributed by atoms with van der Waals surface area (Å²) in [6.45, 7) is 1.43. The Bertz CT molecular complexity index is 59.2. The van der Waals surface area contributed by atoms with E-state index in [1.807, 2.05) is 0 Å². The average molecular weight is 215 g/mol. The molecule has 0 aromatic rings. The molecule has 0 aromatic carbocycles. The molecule has 0 aromatic heterocycles. The second kappa shape index (κ2) is 45.7. The average Bonchev–Trinajstić information content (AvgIpc) is 1.39. The van der Waals surface area contributed by atoms with Crippen molar-refractivity contribution < 1.29 is 29.3 Å². The molecule has 0 saturated carbocycles. The summed E-state index contributed by atoms with van der Waals surface area (Å²) in [6.07, 6.45) is 0. The van der Waals surface area contributed by atoms with E-state index in [1.165, 1.54) is 6.92 Å². The van der Waals surface area contributed by atoms with Gasteiger partial charge in [0, 0.05) is 12.3 Å². The summed E-state index contributed by atoms with van der Waals surface area (Å²) < 4.78 is 0. The van der Waals surface area contributed by atoms with Crippen LogP contribution in [-0.2, 0) is 0 Å². The molecule has 0 atom stereocenters. The van der Waals surface area contributed by atoms with Crippen molar-refractivity contribution in [2.45, 2.75) is 6.92 Å². The lowest BCUT2D eigenvalue weighted by atomic mass is 11.0. The van der Waals surface area contributed by atoms with Crippen LogP contribution < -0.4 is 29.3 Å². The van der Waals surface area contributed by atoms with Crippen LogP contribution >= 0.6 is 0 Å². The van der Waals surface area contributed by atoms with Gasteiger partial charge in [0.2, 0.25) is 0 Å². The van der Waals surface area contributed by atoms with Gasteiger partial charge in [-0.1, -0.05) is 0 Å². The van der Waals surface area contributed by atoms with Crippen LogP contribution in [-0.4, -0.2) is 0 Å². The first kappa shape index (κ1) is 16.0. The Kier molecular flexibility index (Phi) is 104. The monoisotopic (exact) mass is 215 g/mol. The molecule has 0 bridgehead atoms. The molecule has 0 amide bonds. The van der Waals surface area contributed by atoms with E-state index in [-0.39, 0.29) is 29.3 Å². The fraction of sp³-hybridized carbons (Fsp3) is 0.500. The van der Waals surface area contributed by atoms with Crippen molar-refractivity contribution in [1.82, 2.24) is 0 Å². The Morgan fingerprint density at radius 3 is 1.86 bits per heavy atom. The molecule has 0 aliphatic heterocycles. The molecule has 42 valence electrons. The smallest absolute Gasteiger partial charge is 0.0587 e. The minimum atomic E-state index is 0. The Morgan fingerprint density at radius 1 is 1.86 bits per heavy atom. The van der Waals surface area contributed by atoms with Crippen LogP contribution in [0.2, 0.25) is 0 Å². The molecule has 0 fully saturated rings. The summed E-state index contributed by atoms with van der Waals surface area (Å²) in [6, 6.07) is 1.75. The van der Waals surface area contributed by atoms with E-state index in [1.54, 1.807) is 6.07 Å². The zero-order valence-electron chi connectivity index (χ0n) is 3.64. The normalized spacial score (nSPS) is 2.86. The summed E-state index contributed by atoms with van der Waals surface area (Å²) in [4.78, 5) is 8.12. The van der Waals surface area contributed by atoms with Gasteiger partial charge in [0.15, 0.2) is 0 Å². The van der Waals surface area contributed by atoms with Gasteiger partial charge < -0.3 is 24.0 Å². The third kappa shape index (κ3) is 510. The number of nitrogens with one attached hydrogen (secondary N) is 1. The molecule has 0 spiro atoms. The van der Waals surface area contributed by atoms with E-state index in [4.69, 9.17) is 15.4 Å². The molecule has 1 N–H and O–H groups in total. The van der Waals surface area contributed by atoms with Crippen molar-refractivity contribution in [3.8, 4) is 6.07 Å². The maximum absolute atomic E-state index is 8.12. The zero-order chi connectivity index (χ0) is 5.41. The number of nitriles is 1. The predicted molar refractivity (Wildman–Crippen MR) is 19.0 cm³/mol. The fourth-order valence-electron chi connectivity index (χ4n) is 0. The number of rotatable bonds is 0. The molecule has 0 unspecified atom stereocenters. The second-order valence-electron chi connectivity index (χ2n) is 0.307. The Labute approximate surface area is 58.1 Å². The van der Waals surface area contributed by atoms with Gasteiger partial charge in [0.05, 0.1) is 6.07 Å². The van der Waals surface area contributed by atoms with Crippen LogP contribution in [0.5, 0.6) is 0 Å². The number of halogens is 1. The largest absolute Gasteiger partial charge is 1.00 e. The van der Waals surface area contributed by atoms with Gasteiger partial charge in [0.1, 0.15) is 0 Å². The van der Waals surface area contributed by atoms with Gasteiger partial charge in [-0.3, -0.25) is 10.1 Å². The maximum Gasteiger partial charge on any atom is 0.0587 e. The molecule has 0 aliphatic carbocycles. The topological polar surface area (TPSA) is 77.9 Å². The van der Waals surface area contributed by atoms with Gasteiger partial charge in [-0.25, -0.2) is 0 Å². The van der Waals surface area contributed by atoms with E-state index >= 15 is 0 Å². The van der Waals surface area contributed by atoms with Crippen molar-refractivity contribution in [3.05, 3.63) is 10.1 Å². The number of hydrogen-bond acceptors (Lipinski definition) is 3. The maximum atomic E-state index is 8.12. The predicted octanol–water partition coefficient (Wildman–Crippen LogP) is -4.13. The minimum absolute atomic E-state index is 0. The first-order valence-corrected chi connectivity index (χ1v) is 1.13. The first-order valence-electron chi connectivity index (χ1n) is 1.13. The molecule has 4 nitrogen and oxygen atoms in total. The molecule has 0 aliphatic rings. The Balaban J connectivity index is -0.0000000400. The first-order chi connectivity index (χ1) is 2.83. The van der Waals surface area contributed by atoms with Crippen LogP contribution in [0.1, 0.15) is 6.92 Å². The van der Waals surface area contributed by atoms with E-state index < -0.39 is 0 Å². The quantitative estimate of drug-likeness (QED) is 0.253. The standard InChI is InChI=1S/C2H3N.HI.HNO2/c1-2-3;;2-1-3/h1H3;1H;1H/p-1. The van der Waals surface area contributed by atoms with Crippen LogP contribution in [0.15, 0.2) is 0 Å². The molecule has 0 rings (SSSR count). The molecular weight excluding hydrogens is 211 g/mol. The highest BCUT2D eigenvalue weighted by molar-refractivity contribution is 4.51. The van der Waals surface area contributed by atoms with E-state index in [0.29, 0.717) is 0 Å². The highest BCUT2D eigenvalue weighted by Crippen LogP contribution is 1.21. The lowest BCUT2D eigenvalue weighted by Gasteiger charge is -1.36. The summed E-state index contributed by atoms with van der Waals surface area (Å²) >= 11 is 0. The second-order valence-corrected chi connectivity index (χ2v) is 0.307. The molecule has 0 radical (unpaired) electrons. The lowest BCUT2D eigenvalue weighted by molar-refractivity contribution is -0.398. The highest BCUT2D eigenvalue weighted by Gasteiger charge is 1.17. The summed E-state index contributed by atoms with van der Waals surface area (Å²) in [5, 5.41) is 15.7.